The van der Waals surface area contributed by atoms with Gasteiger partial charge in [-0.3, -0.25) is 0 Å². The van der Waals surface area contributed by atoms with E-state index in [1.165, 1.54) is 5.56 Å². The average Bonchev–Trinajstić information content (AvgIpc) is 2.43. The Kier molecular flexibility index (Phi) is 4.69. The number of ether oxygens (including phenoxy) is 1. The van der Waals surface area contributed by atoms with Gasteiger partial charge in [0.15, 0.2) is 0 Å². The van der Waals surface area contributed by atoms with E-state index in [-0.39, 0.29) is 6.04 Å². The van der Waals surface area contributed by atoms with Gasteiger partial charge in [0.2, 0.25) is 0 Å². The second-order valence-corrected chi connectivity index (χ2v) is 5.39. The van der Waals surface area contributed by atoms with E-state index in [1.54, 1.807) is 0 Å². The Morgan fingerprint density at radius 3 is 2.55 bits per heavy atom. The van der Waals surface area contributed by atoms with Crippen molar-refractivity contribution in [2.45, 2.75) is 26.8 Å². The molecule has 2 nitrogen and oxygen atoms in total. The molecule has 0 fully saturated rings. The number of halogens is 1. The zero-order chi connectivity index (χ0) is 14.7. The first kappa shape index (κ1) is 14.9. The molecule has 2 N–H and O–H groups in total. The lowest BCUT2D eigenvalue weighted by molar-refractivity contribution is 0.335. The first-order valence-electron chi connectivity index (χ1n) is 6.78. The Morgan fingerprint density at radius 1 is 1.10 bits per heavy atom. The molecule has 0 aliphatic heterocycles. The number of hydrogen-bond donors (Lipinski definition) is 1. The molecule has 2 aromatic rings. The summed E-state index contributed by atoms with van der Waals surface area (Å²) in [4.78, 5) is 0. The SMILES string of the molecule is CCOc1ccc(C)cc1C(N)c1cc(Cl)ccc1C. The van der Waals surface area contributed by atoms with Crippen LogP contribution >= 0.6 is 11.6 Å². The van der Waals surface area contributed by atoms with E-state index in [2.05, 4.69) is 13.0 Å². The van der Waals surface area contributed by atoms with E-state index in [0.717, 1.165) is 22.4 Å². The van der Waals surface area contributed by atoms with Crippen LogP contribution < -0.4 is 10.5 Å². The Balaban J connectivity index is 2.49. The monoisotopic (exact) mass is 289 g/mol. The van der Waals surface area contributed by atoms with Gasteiger partial charge in [-0.25, -0.2) is 0 Å². The molecule has 0 saturated carbocycles. The minimum absolute atomic E-state index is 0.241. The summed E-state index contributed by atoms with van der Waals surface area (Å²) in [7, 11) is 0. The molecular weight excluding hydrogens is 270 g/mol. The summed E-state index contributed by atoms with van der Waals surface area (Å²) < 4.78 is 5.69. The quantitative estimate of drug-likeness (QED) is 0.905. The van der Waals surface area contributed by atoms with Gasteiger partial charge in [-0.1, -0.05) is 35.4 Å². The van der Waals surface area contributed by atoms with Gasteiger partial charge >= 0.3 is 0 Å². The fourth-order valence-corrected chi connectivity index (χ4v) is 2.49. The summed E-state index contributed by atoms with van der Waals surface area (Å²) in [5.74, 6) is 0.838. The molecule has 0 aliphatic rings. The van der Waals surface area contributed by atoms with Gasteiger partial charge in [0.05, 0.1) is 12.6 Å². The van der Waals surface area contributed by atoms with Gasteiger partial charge in [-0.05, 0) is 50.1 Å². The highest BCUT2D eigenvalue weighted by atomic mass is 35.5. The molecule has 0 spiro atoms. The highest BCUT2D eigenvalue weighted by Crippen LogP contribution is 2.32. The van der Waals surface area contributed by atoms with E-state index >= 15 is 0 Å². The summed E-state index contributed by atoms with van der Waals surface area (Å²) in [5, 5.41) is 0.701. The fourth-order valence-electron chi connectivity index (χ4n) is 2.31. The number of hydrogen-bond acceptors (Lipinski definition) is 2. The minimum Gasteiger partial charge on any atom is -0.494 e. The maximum atomic E-state index is 6.45. The van der Waals surface area contributed by atoms with Crippen molar-refractivity contribution in [1.29, 1.82) is 0 Å². The molecule has 0 aliphatic carbocycles. The summed E-state index contributed by atoms with van der Waals surface area (Å²) in [5.41, 5.74) is 10.8. The van der Waals surface area contributed by atoms with Crippen LogP contribution in [0.2, 0.25) is 5.02 Å². The Bertz CT molecular complexity index is 610. The Hall–Kier alpha value is -1.51. The van der Waals surface area contributed by atoms with E-state index in [1.807, 2.05) is 44.2 Å². The molecule has 0 radical (unpaired) electrons. The molecule has 3 heteroatoms. The summed E-state index contributed by atoms with van der Waals surface area (Å²) in [6, 6.07) is 11.7. The maximum Gasteiger partial charge on any atom is 0.124 e. The van der Waals surface area contributed by atoms with E-state index in [4.69, 9.17) is 22.1 Å². The van der Waals surface area contributed by atoms with Crippen LogP contribution in [0.3, 0.4) is 0 Å². The van der Waals surface area contributed by atoms with Crippen molar-refractivity contribution in [3.8, 4) is 5.75 Å². The van der Waals surface area contributed by atoms with Crippen molar-refractivity contribution in [3.63, 3.8) is 0 Å². The maximum absolute atomic E-state index is 6.45. The molecule has 20 heavy (non-hydrogen) atoms. The molecule has 106 valence electrons. The van der Waals surface area contributed by atoms with E-state index < -0.39 is 0 Å². The van der Waals surface area contributed by atoms with Gasteiger partial charge in [-0.15, -0.1) is 0 Å². The molecule has 2 aromatic carbocycles. The van der Waals surface area contributed by atoms with E-state index in [9.17, 15) is 0 Å². The van der Waals surface area contributed by atoms with Crippen LogP contribution in [0, 0.1) is 13.8 Å². The van der Waals surface area contributed by atoms with Crippen LogP contribution in [-0.4, -0.2) is 6.61 Å². The minimum atomic E-state index is -0.241. The van der Waals surface area contributed by atoms with Crippen LogP contribution in [-0.2, 0) is 0 Å². The second-order valence-electron chi connectivity index (χ2n) is 4.95. The standard InChI is InChI=1S/C17H20ClNO/c1-4-20-16-8-5-11(2)9-15(16)17(19)14-10-13(18)7-6-12(14)3/h5-10,17H,4,19H2,1-3H3. The Labute approximate surface area is 125 Å². The largest absolute Gasteiger partial charge is 0.494 e. The predicted octanol–water partition coefficient (Wildman–Crippen LogP) is 4.40. The molecule has 0 heterocycles. The molecule has 1 unspecified atom stereocenters. The third-order valence-electron chi connectivity index (χ3n) is 3.38. The second kappa shape index (κ2) is 6.29. The zero-order valence-electron chi connectivity index (χ0n) is 12.1. The summed E-state index contributed by atoms with van der Waals surface area (Å²) in [6.07, 6.45) is 0. The molecule has 0 amide bonds. The lowest BCUT2D eigenvalue weighted by atomic mass is 9.94. The molecule has 0 aromatic heterocycles. The lowest BCUT2D eigenvalue weighted by Crippen LogP contribution is -2.15. The van der Waals surface area contributed by atoms with Crippen LogP contribution in [0.15, 0.2) is 36.4 Å². The third-order valence-corrected chi connectivity index (χ3v) is 3.61. The number of nitrogens with two attached hydrogens (primary N) is 1. The van der Waals surface area contributed by atoms with Crippen molar-refractivity contribution in [2.24, 2.45) is 5.73 Å². The predicted molar refractivity (Wildman–Crippen MR) is 84.6 cm³/mol. The molecule has 2 rings (SSSR count). The number of aryl methyl sites for hydroxylation is 2. The fraction of sp³-hybridized carbons (Fsp3) is 0.294. The van der Waals surface area contributed by atoms with Crippen molar-refractivity contribution in [1.82, 2.24) is 0 Å². The van der Waals surface area contributed by atoms with Crippen molar-refractivity contribution < 1.29 is 4.74 Å². The highest BCUT2D eigenvalue weighted by Gasteiger charge is 2.16. The van der Waals surface area contributed by atoms with Crippen LogP contribution in [0.1, 0.15) is 35.2 Å². The first-order valence-corrected chi connectivity index (χ1v) is 7.15. The molecule has 1 atom stereocenters. The zero-order valence-corrected chi connectivity index (χ0v) is 12.9. The van der Waals surface area contributed by atoms with Crippen molar-refractivity contribution in [2.75, 3.05) is 6.61 Å². The smallest absolute Gasteiger partial charge is 0.124 e. The van der Waals surface area contributed by atoms with Crippen LogP contribution in [0.25, 0.3) is 0 Å². The highest BCUT2D eigenvalue weighted by molar-refractivity contribution is 6.30. The van der Waals surface area contributed by atoms with Gasteiger partial charge in [0.25, 0.3) is 0 Å². The van der Waals surface area contributed by atoms with E-state index in [0.29, 0.717) is 11.6 Å². The molecule has 0 saturated heterocycles. The summed E-state index contributed by atoms with van der Waals surface area (Å²) >= 11 is 6.09. The van der Waals surface area contributed by atoms with Crippen LogP contribution in [0.5, 0.6) is 5.75 Å². The van der Waals surface area contributed by atoms with Crippen molar-refractivity contribution in [3.05, 3.63) is 63.7 Å². The average molecular weight is 290 g/mol. The third kappa shape index (κ3) is 3.14. The Morgan fingerprint density at radius 2 is 1.85 bits per heavy atom. The lowest BCUT2D eigenvalue weighted by Gasteiger charge is -2.19. The molecular formula is C17H20ClNO. The first-order chi connectivity index (χ1) is 9.52. The van der Waals surface area contributed by atoms with Gasteiger partial charge in [0, 0.05) is 10.6 Å². The van der Waals surface area contributed by atoms with Gasteiger partial charge in [-0.2, -0.15) is 0 Å². The normalized spacial score (nSPS) is 12.2. The number of rotatable bonds is 4. The summed E-state index contributed by atoms with van der Waals surface area (Å²) in [6.45, 7) is 6.69. The van der Waals surface area contributed by atoms with Crippen molar-refractivity contribution >= 4 is 11.6 Å². The van der Waals surface area contributed by atoms with Crippen LogP contribution in [0.4, 0.5) is 0 Å². The number of benzene rings is 2. The van der Waals surface area contributed by atoms with Gasteiger partial charge in [0.1, 0.15) is 5.75 Å². The van der Waals surface area contributed by atoms with Gasteiger partial charge < -0.3 is 10.5 Å². The topological polar surface area (TPSA) is 35.2 Å². The molecule has 0 bridgehead atoms.